The average Bonchev–Trinajstić information content (AvgIpc) is 2.01. The molecule has 13 heavy (non-hydrogen) atoms. The van der Waals surface area contributed by atoms with Gasteiger partial charge in [-0.1, -0.05) is 25.7 Å². The summed E-state index contributed by atoms with van der Waals surface area (Å²) in [4.78, 5) is 10.4. The minimum atomic E-state index is -0.211. The average molecular weight is 225 g/mol. The van der Waals surface area contributed by atoms with E-state index in [4.69, 9.17) is 23.2 Å². The summed E-state index contributed by atoms with van der Waals surface area (Å²) in [6, 6.07) is 0. The molecular weight excluding hydrogens is 207 g/mol. The second kappa shape index (κ2) is 8.83. The highest BCUT2D eigenvalue weighted by atomic mass is 35.5. The highest BCUT2D eigenvalue weighted by Gasteiger charge is 1.98. The summed E-state index contributed by atoms with van der Waals surface area (Å²) >= 11 is 11.2. The summed E-state index contributed by atoms with van der Waals surface area (Å²) in [6.45, 7) is 1.64. The molecule has 0 bridgehead atoms. The number of hydrogen-bond donors (Lipinski definition) is 0. The molecule has 0 aromatic rings. The Labute approximate surface area is 90.8 Å². The standard InChI is InChI=1S/C10H18Cl2O/c1-9(13)7-5-3-2-4-6-8-10(11)12/h10H,2-8H2,1H3. The molecule has 3 heteroatoms. The van der Waals surface area contributed by atoms with Crippen molar-refractivity contribution in [1.82, 2.24) is 0 Å². The number of Topliss-reactive ketones (excluding diaryl/α,β-unsaturated/α-hetero) is 1. The molecule has 1 nitrogen and oxygen atoms in total. The van der Waals surface area contributed by atoms with E-state index in [-0.39, 0.29) is 4.84 Å². The lowest BCUT2D eigenvalue weighted by Gasteiger charge is -2.01. The van der Waals surface area contributed by atoms with Crippen molar-refractivity contribution in [3.63, 3.8) is 0 Å². The second-order valence-corrected chi connectivity index (χ2v) is 4.68. The van der Waals surface area contributed by atoms with Crippen molar-refractivity contribution >= 4 is 29.0 Å². The Morgan fingerprint density at radius 2 is 1.62 bits per heavy atom. The van der Waals surface area contributed by atoms with Crippen molar-refractivity contribution in [2.45, 2.75) is 56.7 Å². The van der Waals surface area contributed by atoms with Gasteiger partial charge in [0.2, 0.25) is 0 Å². The first-order valence-corrected chi connectivity index (χ1v) is 5.78. The number of ketones is 1. The molecule has 0 unspecified atom stereocenters. The minimum absolute atomic E-state index is 0.211. The topological polar surface area (TPSA) is 17.1 Å². The van der Waals surface area contributed by atoms with Crippen LogP contribution in [0.25, 0.3) is 0 Å². The van der Waals surface area contributed by atoms with Crippen molar-refractivity contribution in [2.75, 3.05) is 0 Å². The highest BCUT2D eigenvalue weighted by Crippen LogP contribution is 2.14. The number of rotatable bonds is 8. The van der Waals surface area contributed by atoms with E-state index in [1.54, 1.807) is 6.92 Å². The predicted octanol–water partition coefficient (Wildman–Crippen LogP) is 4.11. The van der Waals surface area contributed by atoms with E-state index >= 15 is 0 Å². The molecule has 0 heterocycles. The zero-order valence-electron chi connectivity index (χ0n) is 8.19. The van der Waals surface area contributed by atoms with Crippen LogP contribution in [-0.4, -0.2) is 10.6 Å². The number of carbonyl (C=O) groups is 1. The summed E-state index contributed by atoms with van der Waals surface area (Å²) in [5, 5.41) is 0. The Hall–Kier alpha value is 0.250. The minimum Gasteiger partial charge on any atom is -0.300 e. The molecule has 0 aromatic carbocycles. The third-order valence-electron chi connectivity index (χ3n) is 1.95. The van der Waals surface area contributed by atoms with Crippen molar-refractivity contribution in [2.24, 2.45) is 0 Å². The van der Waals surface area contributed by atoms with Crippen LogP contribution >= 0.6 is 23.2 Å². The number of halogens is 2. The van der Waals surface area contributed by atoms with Crippen LogP contribution in [0.15, 0.2) is 0 Å². The molecule has 0 aliphatic heterocycles. The van der Waals surface area contributed by atoms with Gasteiger partial charge in [0.25, 0.3) is 0 Å². The van der Waals surface area contributed by atoms with Crippen molar-refractivity contribution < 1.29 is 4.79 Å². The smallest absolute Gasteiger partial charge is 0.129 e. The van der Waals surface area contributed by atoms with Gasteiger partial charge in [-0.15, -0.1) is 23.2 Å². The fraction of sp³-hybridized carbons (Fsp3) is 0.900. The zero-order chi connectivity index (χ0) is 10.1. The molecule has 0 N–H and O–H groups in total. The zero-order valence-corrected chi connectivity index (χ0v) is 9.70. The van der Waals surface area contributed by atoms with Crippen LogP contribution in [0.1, 0.15) is 51.9 Å². The molecule has 0 amide bonds. The van der Waals surface area contributed by atoms with Crippen LogP contribution in [0, 0.1) is 0 Å². The third-order valence-corrected chi connectivity index (χ3v) is 2.39. The molecule has 0 aromatic heterocycles. The van der Waals surface area contributed by atoms with Crippen LogP contribution < -0.4 is 0 Å². The number of carbonyl (C=O) groups excluding carboxylic acids is 1. The van der Waals surface area contributed by atoms with Gasteiger partial charge in [0, 0.05) is 6.42 Å². The fourth-order valence-electron chi connectivity index (χ4n) is 1.20. The van der Waals surface area contributed by atoms with Crippen LogP contribution in [0.4, 0.5) is 0 Å². The van der Waals surface area contributed by atoms with E-state index in [0.29, 0.717) is 5.78 Å². The maximum Gasteiger partial charge on any atom is 0.129 e. The van der Waals surface area contributed by atoms with E-state index in [1.165, 1.54) is 12.8 Å². The summed E-state index contributed by atoms with van der Waals surface area (Å²) in [6.07, 6.45) is 7.25. The van der Waals surface area contributed by atoms with Crippen LogP contribution in [0.2, 0.25) is 0 Å². The molecule has 0 aliphatic carbocycles. The maximum atomic E-state index is 10.6. The summed E-state index contributed by atoms with van der Waals surface area (Å²) < 4.78 is 0. The van der Waals surface area contributed by atoms with Crippen molar-refractivity contribution in [3.8, 4) is 0 Å². The number of hydrogen-bond acceptors (Lipinski definition) is 1. The largest absolute Gasteiger partial charge is 0.300 e. The molecule has 0 radical (unpaired) electrons. The van der Waals surface area contributed by atoms with E-state index in [9.17, 15) is 4.79 Å². The molecular formula is C10H18Cl2O. The second-order valence-electron chi connectivity index (χ2n) is 3.40. The van der Waals surface area contributed by atoms with Crippen LogP contribution in [0.3, 0.4) is 0 Å². The van der Waals surface area contributed by atoms with E-state index < -0.39 is 0 Å². The van der Waals surface area contributed by atoms with Crippen molar-refractivity contribution in [1.29, 1.82) is 0 Å². The monoisotopic (exact) mass is 224 g/mol. The van der Waals surface area contributed by atoms with E-state index in [0.717, 1.165) is 32.1 Å². The van der Waals surface area contributed by atoms with Gasteiger partial charge in [0.05, 0.1) is 0 Å². The van der Waals surface area contributed by atoms with E-state index in [1.807, 2.05) is 0 Å². The van der Waals surface area contributed by atoms with Gasteiger partial charge in [-0.3, -0.25) is 0 Å². The van der Waals surface area contributed by atoms with Crippen LogP contribution in [0.5, 0.6) is 0 Å². The summed E-state index contributed by atoms with van der Waals surface area (Å²) in [7, 11) is 0. The molecule has 0 rings (SSSR count). The summed E-state index contributed by atoms with van der Waals surface area (Å²) in [5.74, 6) is 0.293. The van der Waals surface area contributed by atoms with E-state index in [2.05, 4.69) is 0 Å². The number of alkyl halides is 2. The third kappa shape index (κ3) is 12.2. The first kappa shape index (κ1) is 13.2. The van der Waals surface area contributed by atoms with Crippen LogP contribution in [-0.2, 0) is 4.79 Å². The lowest BCUT2D eigenvalue weighted by molar-refractivity contribution is -0.117. The molecule has 0 saturated carbocycles. The first-order chi connectivity index (χ1) is 6.13. The number of unbranched alkanes of at least 4 members (excludes halogenated alkanes) is 4. The van der Waals surface area contributed by atoms with Gasteiger partial charge in [-0.05, 0) is 19.8 Å². The van der Waals surface area contributed by atoms with Gasteiger partial charge in [0.1, 0.15) is 10.6 Å². The molecule has 0 spiro atoms. The molecule has 0 atom stereocenters. The molecule has 0 fully saturated rings. The van der Waals surface area contributed by atoms with Gasteiger partial charge in [-0.2, -0.15) is 0 Å². The van der Waals surface area contributed by atoms with Gasteiger partial charge < -0.3 is 4.79 Å². The summed E-state index contributed by atoms with van der Waals surface area (Å²) in [5.41, 5.74) is 0. The molecule has 0 saturated heterocycles. The molecule has 0 aliphatic rings. The Morgan fingerprint density at radius 1 is 1.08 bits per heavy atom. The van der Waals surface area contributed by atoms with Gasteiger partial charge >= 0.3 is 0 Å². The normalized spacial score (nSPS) is 10.8. The Morgan fingerprint density at radius 3 is 2.15 bits per heavy atom. The Bertz CT molecular complexity index is 135. The fourth-order valence-corrected chi connectivity index (χ4v) is 1.51. The Balaban J connectivity index is 2.96. The SMILES string of the molecule is CC(=O)CCCCCCCC(Cl)Cl. The Kier molecular flexibility index (Phi) is 9.00. The van der Waals surface area contributed by atoms with Crippen molar-refractivity contribution in [3.05, 3.63) is 0 Å². The maximum absolute atomic E-state index is 10.6. The van der Waals surface area contributed by atoms with Gasteiger partial charge in [-0.25, -0.2) is 0 Å². The lowest BCUT2D eigenvalue weighted by atomic mass is 10.1. The lowest BCUT2D eigenvalue weighted by Crippen LogP contribution is -1.90. The van der Waals surface area contributed by atoms with Gasteiger partial charge in [0.15, 0.2) is 0 Å². The quantitative estimate of drug-likeness (QED) is 0.448. The first-order valence-electron chi connectivity index (χ1n) is 4.90. The predicted molar refractivity (Wildman–Crippen MR) is 58.5 cm³/mol. The molecule has 78 valence electrons. The highest BCUT2D eigenvalue weighted by molar-refractivity contribution is 6.44.